The van der Waals surface area contributed by atoms with E-state index in [2.05, 4.69) is 24.3 Å². The van der Waals surface area contributed by atoms with Crippen LogP contribution in [0.4, 0.5) is 0 Å². The second-order valence-corrected chi connectivity index (χ2v) is 10.7. The van der Waals surface area contributed by atoms with Gasteiger partial charge in [-0.2, -0.15) is 0 Å². The summed E-state index contributed by atoms with van der Waals surface area (Å²) in [5.74, 6) is -1.99. The lowest BCUT2D eigenvalue weighted by atomic mass is 9.66. The van der Waals surface area contributed by atoms with Crippen molar-refractivity contribution in [1.29, 1.82) is 0 Å². The average molecular weight is 559 g/mol. The highest BCUT2D eigenvalue weighted by Crippen LogP contribution is 2.57. The van der Waals surface area contributed by atoms with Crippen molar-refractivity contribution in [2.24, 2.45) is 0 Å². The Morgan fingerprint density at radius 3 is 1.19 bits per heavy atom. The van der Waals surface area contributed by atoms with Gasteiger partial charge in [0.15, 0.2) is 0 Å². The molecule has 1 aliphatic rings. The van der Waals surface area contributed by atoms with Gasteiger partial charge in [-0.3, -0.25) is 0 Å². The molecular formula is C39H26O4. The zero-order chi connectivity index (χ0) is 29.6. The van der Waals surface area contributed by atoms with Crippen molar-refractivity contribution in [1.82, 2.24) is 0 Å². The fourth-order valence-electron chi connectivity index (χ4n) is 6.66. The van der Waals surface area contributed by atoms with Crippen LogP contribution in [0.15, 0.2) is 146 Å². The molecule has 0 saturated heterocycles. The van der Waals surface area contributed by atoms with Gasteiger partial charge >= 0.3 is 11.9 Å². The first-order chi connectivity index (χ1) is 21.0. The fourth-order valence-corrected chi connectivity index (χ4v) is 6.66. The van der Waals surface area contributed by atoms with Gasteiger partial charge in [-0.05, 0) is 79.9 Å². The van der Waals surface area contributed by atoms with Crippen molar-refractivity contribution in [2.75, 3.05) is 0 Å². The lowest BCUT2D eigenvalue weighted by Crippen LogP contribution is -2.29. The smallest absolute Gasteiger partial charge is 0.336 e. The van der Waals surface area contributed by atoms with Gasteiger partial charge in [-0.25, -0.2) is 9.59 Å². The Bertz CT molecular complexity index is 1880. The highest BCUT2D eigenvalue weighted by Gasteiger charge is 2.46. The van der Waals surface area contributed by atoms with E-state index in [-0.39, 0.29) is 11.1 Å². The van der Waals surface area contributed by atoms with Crippen molar-refractivity contribution in [3.8, 4) is 33.4 Å². The van der Waals surface area contributed by atoms with Gasteiger partial charge in [0.25, 0.3) is 0 Å². The van der Waals surface area contributed by atoms with Gasteiger partial charge in [-0.1, -0.05) is 121 Å². The summed E-state index contributed by atoms with van der Waals surface area (Å²) in [6.45, 7) is 0. The van der Waals surface area contributed by atoms with Crippen molar-refractivity contribution in [2.45, 2.75) is 5.41 Å². The van der Waals surface area contributed by atoms with Crippen molar-refractivity contribution >= 4 is 11.9 Å². The highest BCUT2D eigenvalue weighted by atomic mass is 16.4. The molecule has 4 nitrogen and oxygen atoms in total. The first kappa shape index (κ1) is 26.2. The Hall–Kier alpha value is -5.74. The maximum atomic E-state index is 12.4. The molecule has 0 bridgehead atoms. The predicted molar refractivity (Wildman–Crippen MR) is 169 cm³/mol. The van der Waals surface area contributed by atoms with E-state index in [1.54, 1.807) is 12.1 Å². The molecule has 0 aromatic heterocycles. The molecule has 0 aliphatic heterocycles. The monoisotopic (exact) mass is 558 g/mol. The van der Waals surface area contributed by atoms with Gasteiger partial charge in [0.2, 0.25) is 0 Å². The number of carbonyl (C=O) groups is 2. The molecule has 0 fully saturated rings. The number of rotatable bonds is 6. The molecule has 0 heterocycles. The van der Waals surface area contributed by atoms with E-state index < -0.39 is 17.4 Å². The number of benzene rings is 6. The summed E-state index contributed by atoms with van der Waals surface area (Å²) in [5, 5.41) is 20.3. The largest absolute Gasteiger partial charge is 0.478 e. The van der Waals surface area contributed by atoms with Crippen LogP contribution in [0.5, 0.6) is 0 Å². The van der Waals surface area contributed by atoms with Crippen LogP contribution < -0.4 is 0 Å². The molecule has 0 saturated carbocycles. The quantitative estimate of drug-likeness (QED) is 0.214. The minimum absolute atomic E-state index is 0.218. The molecule has 0 unspecified atom stereocenters. The number of carboxylic acid groups (broad SMARTS) is 2. The Kier molecular flexibility index (Phi) is 6.25. The van der Waals surface area contributed by atoms with E-state index in [1.165, 1.54) is 0 Å². The third-order valence-corrected chi connectivity index (χ3v) is 8.49. The first-order valence-electron chi connectivity index (χ1n) is 14.1. The molecule has 0 amide bonds. The molecule has 2 N–H and O–H groups in total. The van der Waals surface area contributed by atoms with Crippen LogP contribution in [-0.4, -0.2) is 22.2 Å². The third-order valence-electron chi connectivity index (χ3n) is 8.49. The standard InChI is InChI=1S/C39H26O4/c40-37(41)31-21-19-27(23-33(31)25-11-3-1-4-12-25)39(35-17-9-7-15-29(35)30-16-8-10-18-36(30)39)28-20-22-32(38(42)43)34(24-28)26-13-5-2-6-14-26/h1-24H,(H,40,41)(H,42,43). The maximum Gasteiger partial charge on any atom is 0.336 e. The van der Waals surface area contributed by atoms with Crippen LogP contribution in [0.25, 0.3) is 33.4 Å². The zero-order valence-electron chi connectivity index (χ0n) is 23.1. The van der Waals surface area contributed by atoms with E-state index in [0.29, 0.717) is 11.1 Å². The maximum absolute atomic E-state index is 12.4. The summed E-state index contributed by atoms with van der Waals surface area (Å²) in [5.41, 5.74) is 8.54. The van der Waals surface area contributed by atoms with Crippen LogP contribution in [-0.2, 0) is 5.41 Å². The molecule has 43 heavy (non-hydrogen) atoms. The molecule has 0 radical (unpaired) electrons. The van der Waals surface area contributed by atoms with Crippen LogP contribution >= 0.6 is 0 Å². The minimum Gasteiger partial charge on any atom is -0.478 e. The molecular weight excluding hydrogens is 532 g/mol. The van der Waals surface area contributed by atoms with Crippen LogP contribution in [0, 0.1) is 0 Å². The summed E-state index contributed by atoms with van der Waals surface area (Å²) in [4.78, 5) is 24.8. The Morgan fingerprint density at radius 1 is 0.419 bits per heavy atom. The Morgan fingerprint density at radius 2 is 0.791 bits per heavy atom. The van der Waals surface area contributed by atoms with Crippen LogP contribution in [0.3, 0.4) is 0 Å². The number of carboxylic acids is 2. The predicted octanol–water partition coefficient (Wildman–Crippen LogP) is 8.78. The summed E-state index contributed by atoms with van der Waals surface area (Å²) >= 11 is 0. The lowest BCUT2D eigenvalue weighted by Gasteiger charge is -2.35. The molecule has 6 aromatic rings. The Balaban J connectivity index is 1.61. The third kappa shape index (κ3) is 4.07. The number of hydrogen-bond donors (Lipinski definition) is 2. The van der Waals surface area contributed by atoms with Crippen molar-refractivity contribution in [3.05, 3.63) is 179 Å². The summed E-state index contributed by atoms with van der Waals surface area (Å²) < 4.78 is 0. The van der Waals surface area contributed by atoms with E-state index in [0.717, 1.165) is 44.5 Å². The minimum atomic E-state index is -0.996. The second-order valence-electron chi connectivity index (χ2n) is 10.7. The highest BCUT2D eigenvalue weighted by molar-refractivity contribution is 5.98. The van der Waals surface area contributed by atoms with E-state index in [4.69, 9.17) is 0 Å². The van der Waals surface area contributed by atoms with Crippen molar-refractivity contribution < 1.29 is 19.8 Å². The number of fused-ring (bicyclic) bond motifs is 3. The van der Waals surface area contributed by atoms with Gasteiger partial charge in [0.1, 0.15) is 0 Å². The van der Waals surface area contributed by atoms with Gasteiger partial charge in [-0.15, -0.1) is 0 Å². The van der Waals surface area contributed by atoms with Crippen LogP contribution in [0.1, 0.15) is 43.0 Å². The molecule has 0 atom stereocenters. The molecule has 1 aliphatic carbocycles. The van der Waals surface area contributed by atoms with E-state index >= 15 is 0 Å². The SMILES string of the molecule is O=C(O)c1ccc(C2(c3ccc(C(=O)O)c(-c4ccccc4)c3)c3ccccc3-c3ccccc32)cc1-c1ccccc1. The molecule has 6 aromatic carbocycles. The second kappa shape index (κ2) is 10.3. The average Bonchev–Trinajstić information content (AvgIpc) is 3.36. The van der Waals surface area contributed by atoms with Gasteiger partial charge < -0.3 is 10.2 Å². The van der Waals surface area contributed by atoms with Crippen LogP contribution in [0.2, 0.25) is 0 Å². The first-order valence-corrected chi connectivity index (χ1v) is 14.1. The van der Waals surface area contributed by atoms with E-state index in [9.17, 15) is 19.8 Å². The number of aromatic carboxylic acids is 2. The lowest BCUT2D eigenvalue weighted by molar-refractivity contribution is 0.0687. The van der Waals surface area contributed by atoms with E-state index in [1.807, 2.05) is 109 Å². The summed E-state index contributed by atoms with van der Waals surface area (Å²) in [7, 11) is 0. The molecule has 206 valence electrons. The molecule has 4 heteroatoms. The Labute approximate surface area is 249 Å². The summed E-state index contributed by atoms with van der Waals surface area (Å²) in [6.07, 6.45) is 0. The normalized spacial score (nSPS) is 12.7. The van der Waals surface area contributed by atoms with Gasteiger partial charge in [0, 0.05) is 0 Å². The van der Waals surface area contributed by atoms with Gasteiger partial charge in [0.05, 0.1) is 16.5 Å². The molecule has 7 rings (SSSR count). The molecule has 0 spiro atoms. The fraction of sp³-hybridized carbons (Fsp3) is 0.0256. The zero-order valence-corrected chi connectivity index (χ0v) is 23.1. The number of hydrogen-bond acceptors (Lipinski definition) is 2. The topological polar surface area (TPSA) is 74.6 Å². The summed E-state index contributed by atoms with van der Waals surface area (Å²) in [6, 6.07) is 46.8. The van der Waals surface area contributed by atoms with Crippen molar-refractivity contribution in [3.63, 3.8) is 0 Å².